The van der Waals surface area contributed by atoms with Crippen LogP contribution in [0.1, 0.15) is 96.2 Å². The number of ether oxygens (including phenoxy) is 2. The number of fused-ring (bicyclic) bond motifs is 1. The lowest BCUT2D eigenvalue weighted by Crippen LogP contribution is -2.25. The summed E-state index contributed by atoms with van der Waals surface area (Å²) in [4.78, 5) is 12.7. The van der Waals surface area contributed by atoms with Crippen LogP contribution < -0.4 is 0 Å². The van der Waals surface area contributed by atoms with Gasteiger partial charge in [0.05, 0.1) is 12.2 Å². The van der Waals surface area contributed by atoms with Crippen molar-refractivity contribution in [1.29, 1.82) is 0 Å². The van der Waals surface area contributed by atoms with Crippen molar-refractivity contribution < 1.29 is 27.4 Å². The van der Waals surface area contributed by atoms with Crippen molar-refractivity contribution in [2.75, 3.05) is 6.61 Å². The first-order chi connectivity index (χ1) is 15.5. The number of carbonyl (C=O) groups excluding carboxylic acids is 1. The number of halogens is 3. The molecule has 2 aromatic rings. The number of hydrogen-bond acceptors (Lipinski definition) is 3. The van der Waals surface area contributed by atoms with Crippen LogP contribution in [0.4, 0.5) is 13.2 Å². The number of rotatable bonds is 5. The van der Waals surface area contributed by atoms with E-state index in [9.17, 15) is 13.6 Å². The van der Waals surface area contributed by atoms with E-state index in [1.165, 1.54) is 18.6 Å². The van der Waals surface area contributed by atoms with Crippen molar-refractivity contribution in [3.8, 4) is 0 Å². The molecule has 5 rings (SSSR count). The molecule has 2 atom stereocenters. The van der Waals surface area contributed by atoms with E-state index in [2.05, 4.69) is 6.92 Å². The molecule has 2 unspecified atom stereocenters. The van der Waals surface area contributed by atoms with E-state index in [4.69, 9.17) is 9.47 Å². The maximum absolute atomic E-state index is 15.4. The van der Waals surface area contributed by atoms with E-state index in [1.807, 2.05) is 0 Å². The first-order valence-electron chi connectivity index (χ1n) is 11.6. The molecule has 170 valence electrons. The van der Waals surface area contributed by atoms with Crippen LogP contribution in [0.2, 0.25) is 0 Å². The van der Waals surface area contributed by atoms with Crippen molar-refractivity contribution >= 4 is 5.97 Å². The maximum atomic E-state index is 15.4. The topological polar surface area (TPSA) is 38.8 Å². The van der Waals surface area contributed by atoms with Crippen LogP contribution in [0.25, 0.3) is 0 Å². The van der Waals surface area contributed by atoms with Crippen molar-refractivity contribution in [2.45, 2.75) is 70.0 Å². The molecule has 2 aliphatic heterocycles. The normalized spacial score (nSPS) is 27.1. The Balaban J connectivity index is 1.38. The second kappa shape index (κ2) is 8.54. The van der Waals surface area contributed by atoms with Crippen LogP contribution in [0.15, 0.2) is 24.3 Å². The molecule has 0 bridgehead atoms. The van der Waals surface area contributed by atoms with E-state index in [0.717, 1.165) is 32.1 Å². The van der Waals surface area contributed by atoms with Gasteiger partial charge in [0.25, 0.3) is 0 Å². The van der Waals surface area contributed by atoms with Crippen LogP contribution in [0.3, 0.4) is 0 Å². The lowest BCUT2D eigenvalue weighted by atomic mass is 9.76. The molecular formula is C26H27F3O3. The molecule has 0 amide bonds. The van der Waals surface area contributed by atoms with E-state index >= 15 is 4.39 Å². The third kappa shape index (κ3) is 3.83. The second-order valence-corrected chi connectivity index (χ2v) is 9.30. The number of esters is 1. The minimum atomic E-state index is -1.04. The lowest BCUT2D eigenvalue weighted by molar-refractivity contribution is 0.0235. The number of epoxide rings is 1. The van der Waals surface area contributed by atoms with Crippen molar-refractivity contribution in [3.63, 3.8) is 0 Å². The van der Waals surface area contributed by atoms with Gasteiger partial charge >= 0.3 is 5.97 Å². The Labute approximate surface area is 185 Å². The first kappa shape index (κ1) is 21.5. The van der Waals surface area contributed by atoms with Crippen LogP contribution in [0, 0.1) is 23.4 Å². The zero-order chi connectivity index (χ0) is 22.4. The van der Waals surface area contributed by atoms with E-state index in [-0.39, 0.29) is 29.0 Å². The molecule has 2 fully saturated rings. The minimum Gasteiger partial charge on any atom is -0.453 e. The molecule has 1 saturated heterocycles. The van der Waals surface area contributed by atoms with E-state index in [1.54, 1.807) is 12.1 Å². The number of benzene rings is 2. The maximum Gasteiger partial charge on any atom is 0.342 e. The predicted molar refractivity (Wildman–Crippen MR) is 113 cm³/mol. The highest BCUT2D eigenvalue weighted by molar-refractivity contribution is 5.93. The van der Waals surface area contributed by atoms with Crippen LogP contribution in [-0.4, -0.2) is 12.6 Å². The Bertz CT molecular complexity index is 1040. The van der Waals surface area contributed by atoms with E-state index in [0.29, 0.717) is 23.7 Å². The Kier molecular flexibility index (Phi) is 5.74. The molecule has 1 aliphatic carbocycles. The summed E-state index contributed by atoms with van der Waals surface area (Å²) in [6, 6.07) is 6.41. The van der Waals surface area contributed by atoms with Crippen LogP contribution in [-0.2, 0) is 15.9 Å². The number of hydrogen-bond donors (Lipinski definition) is 0. The fraction of sp³-hybridized carbons (Fsp3) is 0.500. The van der Waals surface area contributed by atoms with Gasteiger partial charge in [-0.1, -0.05) is 44.0 Å². The van der Waals surface area contributed by atoms with Crippen LogP contribution >= 0.6 is 0 Å². The fourth-order valence-corrected chi connectivity index (χ4v) is 5.42. The molecule has 3 aliphatic rings. The van der Waals surface area contributed by atoms with Crippen molar-refractivity contribution in [3.05, 3.63) is 69.5 Å². The van der Waals surface area contributed by atoms with Gasteiger partial charge in [0.1, 0.15) is 18.0 Å². The van der Waals surface area contributed by atoms with Gasteiger partial charge in [-0.05, 0) is 48.6 Å². The molecule has 0 spiro atoms. The smallest absolute Gasteiger partial charge is 0.342 e. The standard InChI is InChI=1S/C26H27F3O3/c1-2-3-14-4-6-15(7-5-14)17-9-8-16-12-20(32-26(30)22(16)23(17)27)18-10-11-19(21-13-31-21)25(29)24(18)28/h8-11,14-15,20-21H,2-7,12-13H2,1H3. The Morgan fingerprint density at radius 2 is 1.50 bits per heavy atom. The SMILES string of the molecule is CCCC1CCC(c2ccc3c(c2F)C(=O)OC(c2ccc(C4CO4)c(F)c2F)C3)CC1. The number of cyclic esters (lactones) is 1. The Hall–Kier alpha value is -2.34. The molecule has 3 nitrogen and oxygen atoms in total. The number of carbonyl (C=O) groups is 1. The zero-order valence-corrected chi connectivity index (χ0v) is 18.1. The van der Waals surface area contributed by atoms with Gasteiger partial charge in [-0.2, -0.15) is 0 Å². The summed E-state index contributed by atoms with van der Waals surface area (Å²) >= 11 is 0. The average molecular weight is 444 g/mol. The molecule has 2 aromatic carbocycles. The highest BCUT2D eigenvalue weighted by Gasteiger charge is 2.36. The van der Waals surface area contributed by atoms with Gasteiger partial charge in [-0.25, -0.2) is 18.0 Å². The van der Waals surface area contributed by atoms with Crippen LogP contribution in [0.5, 0.6) is 0 Å². The molecule has 0 radical (unpaired) electrons. The van der Waals surface area contributed by atoms with Gasteiger partial charge in [-0.15, -0.1) is 0 Å². The Morgan fingerprint density at radius 3 is 2.12 bits per heavy atom. The molecule has 0 N–H and O–H groups in total. The largest absolute Gasteiger partial charge is 0.453 e. The average Bonchev–Trinajstić information content (AvgIpc) is 3.62. The fourth-order valence-electron chi connectivity index (χ4n) is 5.42. The van der Waals surface area contributed by atoms with E-state index < -0.39 is 35.6 Å². The third-order valence-corrected chi connectivity index (χ3v) is 7.27. The summed E-state index contributed by atoms with van der Waals surface area (Å²) in [5.74, 6) is -2.55. The summed E-state index contributed by atoms with van der Waals surface area (Å²) in [5, 5.41) is 0. The molecule has 1 saturated carbocycles. The third-order valence-electron chi connectivity index (χ3n) is 7.27. The van der Waals surface area contributed by atoms with Gasteiger partial charge in [0.15, 0.2) is 11.6 Å². The first-order valence-corrected chi connectivity index (χ1v) is 11.6. The molecule has 32 heavy (non-hydrogen) atoms. The quantitative estimate of drug-likeness (QED) is 0.380. The predicted octanol–water partition coefficient (Wildman–Crippen LogP) is 6.70. The van der Waals surface area contributed by atoms with Gasteiger partial charge in [0, 0.05) is 17.5 Å². The minimum absolute atomic E-state index is 0.0374. The molecule has 0 aromatic heterocycles. The lowest BCUT2D eigenvalue weighted by Gasteiger charge is -2.31. The van der Waals surface area contributed by atoms with Crippen molar-refractivity contribution in [1.82, 2.24) is 0 Å². The molecular weight excluding hydrogens is 417 g/mol. The molecule has 2 heterocycles. The second-order valence-electron chi connectivity index (χ2n) is 9.30. The van der Waals surface area contributed by atoms with Gasteiger partial charge < -0.3 is 9.47 Å². The highest BCUT2D eigenvalue weighted by Crippen LogP contribution is 2.42. The summed E-state index contributed by atoms with van der Waals surface area (Å²) < 4.78 is 55.0. The summed E-state index contributed by atoms with van der Waals surface area (Å²) in [7, 11) is 0. The Morgan fingerprint density at radius 1 is 0.875 bits per heavy atom. The van der Waals surface area contributed by atoms with Gasteiger partial charge in [0.2, 0.25) is 0 Å². The highest BCUT2D eigenvalue weighted by atomic mass is 19.2. The monoisotopic (exact) mass is 444 g/mol. The zero-order valence-electron chi connectivity index (χ0n) is 18.1. The summed E-state index contributed by atoms with van der Waals surface area (Å²) in [6.45, 7) is 2.55. The summed E-state index contributed by atoms with van der Waals surface area (Å²) in [5.41, 5.74) is 1.11. The van der Waals surface area contributed by atoms with Gasteiger partial charge in [-0.3, -0.25) is 0 Å². The molecule has 6 heteroatoms. The van der Waals surface area contributed by atoms with Crippen molar-refractivity contribution in [2.24, 2.45) is 5.92 Å². The summed E-state index contributed by atoms with van der Waals surface area (Å²) in [6.07, 6.45) is 5.06.